The maximum absolute atomic E-state index is 12.3. The van der Waals surface area contributed by atoms with Crippen LogP contribution < -0.4 is 0 Å². The quantitative estimate of drug-likeness (QED) is 0.809. The molecular weight excluding hydrogens is 318 g/mol. The minimum Gasteiger partial charge on any atom is -0.372 e. The van der Waals surface area contributed by atoms with E-state index in [0.717, 1.165) is 64.2 Å². The molecule has 1 aromatic rings. The number of hydrogen-bond donors (Lipinski definition) is 0. The molecule has 136 valence electrons. The first-order chi connectivity index (χ1) is 12.2. The van der Waals surface area contributed by atoms with Crippen molar-refractivity contribution in [2.24, 2.45) is 0 Å². The van der Waals surface area contributed by atoms with Crippen LogP contribution in [0.2, 0.25) is 0 Å². The highest BCUT2D eigenvalue weighted by atomic mass is 16.5. The third-order valence-corrected chi connectivity index (χ3v) is 5.48. The minimum atomic E-state index is -0.113. The van der Waals surface area contributed by atoms with Gasteiger partial charge in [0.15, 0.2) is 0 Å². The highest BCUT2D eigenvalue weighted by molar-refractivity contribution is 5.78. The number of carbonyl (C=O) groups is 1. The average molecular weight is 345 g/mol. The Morgan fingerprint density at radius 1 is 1.32 bits per heavy atom. The summed E-state index contributed by atoms with van der Waals surface area (Å²) in [5.74, 6) is 0.270. The first-order valence-electron chi connectivity index (χ1n) is 9.38. The van der Waals surface area contributed by atoms with E-state index in [9.17, 15) is 4.79 Å². The van der Waals surface area contributed by atoms with Gasteiger partial charge < -0.3 is 14.4 Å². The molecule has 25 heavy (non-hydrogen) atoms. The van der Waals surface area contributed by atoms with Crippen LogP contribution in [0.1, 0.15) is 31.4 Å². The topological polar surface area (TPSA) is 54.9 Å². The van der Waals surface area contributed by atoms with Crippen LogP contribution in [0, 0.1) is 0 Å². The molecule has 1 amide bonds. The molecule has 0 bridgehead atoms. The SMILES string of the molecule is O=C(CN1CC2(C[C@H](OCc3ccccn3)CCO2)C1)N1CCCC1. The smallest absolute Gasteiger partial charge is 0.236 e. The molecule has 3 aliphatic rings. The first-order valence-corrected chi connectivity index (χ1v) is 9.38. The number of amides is 1. The molecule has 3 aliphatic heterocycles. The summed E-state index contributed by atoms with van der Waals surface area (Å²) in [6.45, 7) is 5.37. The molecule has 0 unspecified atom stereocenters. The summed E-state index contributed by atoms with van der Waals surface area (Å²) in [6.07, 6.45) is 6.15. The van der Waals surface area contributed by atoms with E-state index in [4.69, 9.17) is 9.47 Å². The lowest BCUT2D eigenvalue weighted by Gasteiger charge is -2.53. The summed E-state index contributed by atoms with van der Waals surface area (Å²) in [6, 6.07) is 5.89. The Kier molecular flexibility index (Phi) is 5.01. The normalized spacial score (nSPS) is 25.9. The lowest BCUT2D eigenvalue weighted by Crippen LogP contribution is -2.67. The van der Waals surface area contributed by atoms with Crippen molar-refractivity contribution < 1.29 is 14.3 Å². The van der Waals surface area contributed by atoms with E-state index in [1.807, 2.05) is 23.1 Å². The van der Waals surface area contributed by atoms with Crippen molar-refractivity contribution in [2.45, 2.75) is 44.0 Å². The van der Waals surface area contributed by atoms with Crippen molar-refractivity contribution in [1.29, 1.82) is 0 Å². The molecule has 4 heterocycles. The number of likely N-dealkylation sites (tertiary alicyclic amines) is 2. The predicted molar refractivity (Wildman–Crippen MR) is 93.0 cm³/mol. The molecule has 1 spiro atoms. The van der Waals surface area contributed by atoms with Crippen LogP contribution in [0.15, 0.2) is 24.4 Å². The Hall–Kier alpha value is -1.50. The summed E-state index contributed by atoms with van der Waals surface area (Å²) in [7, 11) is 0. The maximum atomic E-state index is 12.3. The fourth-order valence-electron chi connectivity index (χ4n) is 4.17. The van der Waals surface area contributed by atoms with Gasteiger partial charge in [-0.3, -0.25) is 14.7 Å². The number of aromatic nitrogens is 1. The summed E-state index contributed by atoms with van der Waals surface area (Å²) in [4.78, 5) is 20.8. The second-order valence-corrected chi connectivity index (χ2v) is 7.51. The van der Waals surface area contributed by atoms with Gasteiger partial charge in [-0.25, -0.2) is 0 Å². The standard InChI is InChI=1S/C19H27N3O3/c23-18(22-8-3-4-9-22)12-21-14-19(15-21)11-17(6-10-25-19)24-13-16-5-1-2-7-20-16/h1-2,5,7,17H,3-4,6,8-15H2/t17-/m1/s1. The van der Waals surface area contributed by atoms with E-state index in [1.165, 1.54) is 0 Å². The number of rotatable bonds is 5. The van der Waals surface area contributed by atoms with Crippen LogP contribution in [0.5, 0.6) is 0 Å². The molecule has 4 rings (SSSR count). The van der Waals surface area contributed by atoms with Crippen LogP contribution in [0.3, 0.4) is 0 Å². The summed E-state index contributed by atoms with van der Waals surface area (Å²) in [5, 5.41) is 0. The molecule has 0 aliphatic carbocycles. The number of hydrogen-bond acceptors (Lipinski definition) is 5. The molecule has 6 nitrogen and oxygen atoms in total. The minimum absolute atomic E-state index is 0.113. The van der Waals surface area contributed by atoms with Gasteiger partial charge in [0.25, 0.3) is 0 Å². The second-order valence-electron chi connectivity index (χ2n) is 7.51. The van der Waals surface area contributed by atoms with E-state index in [-0.39, 0.29) is 17.6 Å². The van der Waals surface area contributed by atoms with Gasteiger partial charge >= 0.3 is 0 Å². The van der Waals surface area contributed by atoms with Crippen LogP contribution in [0.25, 0.3) is 0 Å². The van der Waals surface area contributed by atoms with Crippen molar-refractivity contribution in [3.63, 3.8) is 0 Å². The fourth-order valence-corrected chi connectivity index (χ4v) is 4.17. The first kappa shape index (κ1) is 16.9. The zero-order valence-electron chi connectivity index (χ0n) is 14.7. The van der Waals surface area contributed by atoms with Gasteiger partial charge in [0, 0.05) is 45.4 Å². The van der Waals surface area contributed by atoms with E-state index in [1.54, 1.807) is 6.20 Å². The van der Waals surface area contributed by atoms with Crippen molar-refractivity contribution >= 4 is 5.91 Å². The molecule has 6 heteroatoms. The molecule has 0 radical (unpaired) electrons. The number of pyridine rings is 1. The highest BCUT2D eigenvalue weighted by Gasteiger charge is 2.48. The summed E-state index contributed by atoms with van der Waals surface area (Å²) < 4.78 is 12.1. The predicted octanol–water partition coefficient (Wildman–Crippen LogP) is 1.45. The second kappa shape index (κ2) is 7.40. The Labute approximate surface area is 149 Å². The largest absolute Gasteiger partial charge is 0.372 e. The van der Waals surface area contributed by atoms with Gasteiger partial charge in [0.2, 0.25) is 5.91 Å². The van der Waals surface area contributed by atoms with Crippen molar-refractivity contribution in [1.82, 2.24) is 14.8 Å². The lowest BCUT2D eigenvalue weighted by molar-refractivity contribution is -0.199. The summed E-state index contributed by atoms with van der Waals surface area (Å²) >= 11 is 0. The Morgan fingerprint density at radius 3 is 2.92 bits per heavy atom. The van der Waals surface area contributed by atoms with Gasteiger partial charge in [0.1, 0.15) is 0 Å². The van der Waals surface area contributed by atoms with Crippen molar-refractivity contribution in [2.75, 3.05) is 39.3 Å². The van der Waals surface area contributed by atoms with Gasteiger partial charge in [-0.05, 0) is 31.4 Å². The molecular formula is C19H27N3O3. The maximum Gasteiger partial charge on any atom is 0.236 e. The lowest BCUT2D eigenvalue weighted by atomic mass is 9.84. The molecule has 1 aromatic heterocycles. The zero-order valence-corrected chi connectivity index (χ0v) is 14.7. The Bertz CT molecular complexity index is 583. The van der Waals surface area contributed by atoms with Gasteiger partial charge in [-0.1, -0.05) is 6.07 Å². The molecule has 0 aromatic carbocycles. The van der Waals surface area contributed by atoms with Crippen LogP contribution >= 0.6 is 0 Å². The Morgan fingerprint density at radius 2 is 2.16 bits per heavy atom. The van der Waals surface area contributed by atoms with E-state index < -0.39 is 0 Å². The monoisotopic (exact) mass is 345 g/mol. The molecule has 3 fully saturated rings. The Balaban J connectivity index is 1.22. The van der Waals surface area contributed by atoms with E-state index in [2.05, 4.69) is 9.88 Å². The van der Waals surface area contributed by atoms with Crippen molar-refractivity contribution in [3.8, 4) is 0 Å². The van der Waals surface area contributed by atoms with E-state index >= 15 is 0 Å². The highest BCUT2D eigenvalue weighted by Crippen LogP contribution is 2.35. The third-order valence-electron chi connectivity index (χ3n) is 5.48. The van der Waals surface area contributed by atoms with Gasteiger partial charge in [-0.15, -0.1) is 0 Å². The molecule has 3 saturated heterocycles. The van der Waals surface area contributed by atoms with Crippen LogP contribution in [0.4, 0.5) is 0 Å². The molecule has 1 atom stereocenters. The van der Waals surface area contributed by atoms with Crippen LogP contribution in [-0.4, -0.2) is 71.7 Å². The number of nitrogens with zero attached hydrogens (tertiary/aromatic N) is 3. The van der Waals surface area contributed by atoms with Gasteiger partial charge in [0.05, 0.1) is 30.6 Å². The van der Waals surface area contributed by atoms with E-state index in [0.29, 0.717) is 13.2 Å². The molecule has 0 N–H and O–H groups in total. The zero-order chi connectivity index (χ0) is 17.1. The number of carbonyl (C=O) groups excluding carboxylic acids is 1. The third kappa shape index (κ3) is 4.02. The fraction of sp³-hybridized carbons (Fsp3) is 0.684. The molecule has 0 saturated carbocycles. The summed E-state index contributed by atoms with van der Waals surface area (Å²) in [5.41, 5.74) is 0.854. The number of ether oxygens (including phenoxy) is 2. The van der Waals surface area contributed by atoms with Crippen LogP contribution in [-0.2, 0) is 20.9 Å². The van der Waals surface area contributed by atoms with Crippen molar-refractivity contribution in [3.05, 3.63) is 30.1 Å². The average Bonchev–Trinajstić information content (AvgIpc) is 3.15. The van der Waals surface area contributed by atoms with Gasteiger partial charge in [-0.2, -0.15) is 0 Å².